The molecule has 112 valence electrons. The zero-order chi connectivity index (χ0) is 14.5. The van der Waals surface area contributed by atoms with E-state index in [1.807, 2.05) is 0 Å². The zero-order valence-electron chi connectivity index (χ0n) is 13.8. The molecule has 1 aliphatic rings. The first-order valence-electron chi connectivity index (χ1n) is 8.49. The molecule has 0 unspecified atom stereocenters. The van der Waals surface area contributed by atoms with Crippen LogP contribution in [0.3, 0.4) is 0 Å². The van der Waals surface area contributed by atoms with Crippen molar-refractivity contribution < 1.29 is 0 Å². The van der Waals surface area contributed by atoms with Gasteiger partial charge in [-0.15, -0.1) is 0 Å². The number of benzene rings is 1. The summed E-state index contributed by atoms with van der Waals surface area (Å²) in [5.41, 5.74) is 4.63. The Labute approximate surface area is 125 Å². The fraction of sp³-hybridized carbons (Fsp3) is 0.684. The van der Waals surface area contributed by atoms with E-state index in [2.05, 4.69) is 50.8 Å². The molecule has 0 spiro atoms. The van der Waals surface area contributed by atoms with Gasteiger partial charge in [0.05, 0.1) is 0 Å². The summed E-state index contributed by atoms with van der Waals surface area (Å²) < 4.78 is 0. The average molecular weight is 273 g/mol. The van der Waals surface area contributed by atoms with Gasteiger partial charge in [0, 0.05) is 18.8 Å². The topological polar surface area (TPSA) is 3.24 Å². The van der Waals surface area contributed by atoms with Crippen LogP contribution in [0.15, 0.2) is 18.2 Å². The number of anilines is 1. The van der Waals surface area contributed by atoms with E-state index in [0.717, 1.165) is 0 Å². The molecule has 0 aromatic heterocycles. The Morgan fingerprint density at radius 1 is 0.750 bits per heavy atom. The Hall–Kier alpha value is -0.980. The molecule has 1 nitrogen and oxygen atoms in total. The van der Waals surface area contributed by atoms with Gasteiger partial charge in [-0.2, -0.15) is 0 Å². The SMILES string of the molecule is CC(C)c1cccc(C(C)C)c1N1CCCCCCC1. The third kappa shape index (κ3) is 3.56. The summed E-state index contributed by atoms with van der Waals surface area (Å²) in [5, 5.41) is 0. The zero-order valence-corrected chi connectivity index (χ0v) is 13.8. The lowest BCUT2D eigenvalue weighted by atomic mass is 9.91. The number of rotatable bonds is 3. The average Bonchev–Trinajstić information content (AvgIpc) is 2.37. The van der Waals surface area contributed by atoms with Crippen molar-refractivity contribution in [2.45, 2.75) is 71.6 Å². The molecule has 1 heteroatoms. The van der Waals surface area contributed by atoms with Gasteiger partial charge in [-0.25, -0.2) is 0 Å². The van der Waals surface area contributed by atoms with E-state index in [0.29, 0.717) is 11.8 Å². The number of hydrogen-bond donors (Lipinski definition) is 0. The van der Waals surface area contributed by atoms with Crippen LogP contribution in [0, 0.1) is 0 Å². The third-order valence-corrected chi connectivity index (χ3v) is 4.51. The van der Waals surface area contributed by atoms with E-state index in [4.69, 9.17) is 0 Å². The van der Waals surface area contributed by atoms with Crippen LogP contribution in [0.5, 0.6) is 0 Å². The molecule has 2 rings (SSSR count). The second-order valence-corrected chi connectivity index (χ2v) is 6.85. The van der Waals surface area contributed by atoms with Crippen molar-refractivity contribution in [3.05, 3.63) is 29.3 Å². The molecule has 0 radical (unpaired) electrons. The minimum Gasteiger partial charge on any atom is -0.371 e. The largest absolute Gasteiger partial charge is 0.371 e. The maximum absolute atomic E-state index is 2.68. The summed E-state index contributed by atoms with van der Waals surface area (Å²) in [7, 11) is 0. The van der Waals surface area contributed by atoms with Crippen molar-refractivity contribution >= 4 is 5.69 Å². The van der Waals surface area contributed by atoms with E-state index in [1.54, 1.807) is 5.69 Å². The van der Waals surface area contributed by atoms with Crippen LogP contribution in [0.2, 0.25) is 0 Å². The molecule has 20 heavy (non-hydrogen) atoms. The van der Waals surface area contributed by atoms with Gasteiger partial charge in [-0.3, -0.25) is 0 Å². The van der Waals surface area contributed by atoms with Crippen LogP contribution in [0.25, 0.3) is 0 Å². The quantitative estimate of drug-likeness (QED) is 0.682. The molecular formula is C19H31N. The number of hydrogen-bond acceptors (Lipinski definition) is 1. The Morgan fingerprint density at radius 2 is 1.20 bits per heavy atom. The molecule has 0 atom stereocenters. The maximum Gasteiger partial charge on any atom is 0.0436 e. The smallest absolute Gasteiger partial charge is 0.0436 e. The van der Waals surface area contributed by atoms with E-state index in [-0.39, 0.29) is 0 Å². The van der Waals surface area contributed by atoms with Crippen LogP contribution in [-0.2, 0) is 0 Å². The molecule has 0 amide bonds. The van der Waals surface area contributed by atoms with Crippen molar-refractivity contribution in [2.24, 2.45) is 0 Å². The Kier molecular flexibility index (Phi) is 5.51. The molecule has 0 N–H and O–H groups in total. The standard InChI is InChI=1S/C19H31N/c1-15(2)17-11-10-12-18(16(3)4)19(17)20-13-8-6-5-7-9-14-20/h10-12,15-16H,5-9,13-14H2,1-4H3. The predicted molar refractivity (Wildman–Crippen MR) is 89.9 cm³/mol. The monoisotopic (exact) mass is 273 g/mol. The minimum atomic E-state index is 0.606. The molecule has 1 saturated heterocycles. The van der Waals surface area contributed by atoms with Crippen molar-refractivity contribution in [3.63, 3.8) is 0 Å². The highest BCUT2D eigenvalue weighted by atomic mass is 15.1. The first-order valence-corrected chi connectivity index (χ1v) is 8.49. The van der Waals surface area contributed by atoms with E-state index < -0.39 is 0 Å². The highest BCUT2D eigenvalue weighted by Crippen LogP contribution is 2.36. The van der Waals surface area contributed by atoms with Crippen molar-refractivity contribution in [3.8, 4) is 0 Å². The molecule has 1 aromatic carbocycles. The summed E-state index contributed by atoms with van der Waals surface area (Å²) >= 11 is 0. The second kappa shape index (κ2) is 7.15. The fourth-order valence-electron chi connectivity index (χ4n) is 3.35. The van der Waals surface area contributed by atoms with Crippen molar-refractivity contribution in [1.29, 1.82) is 0 Å². The molecule has 1 aromatic rings. The summed E-state index contributed by atoms with van der Waals surface area (Å²) in [6, 6.07) is 6.92. The lowest BCUT2D eigenvalue weighted by Crippen LogP contribution is -2.29. The van der Waals surface area contributed by atoms with E-state index in [1.165, 1.54) is 56.3 Å². The van der Waals surface area contributed by atoms with Gasteiger partial charge in [0.15, 0.2) is 0 Å². The predicted octanol–water partition coefficient (Wildman–Crippen LogP) is 5.70. The van der Waals surface area contributed by atoms with Gasteiger partial charge in [-0.05, 0) is 35.8 Å². The highest BCUT2D eigenvalue weighted by Gasteiger charge is 2.19. The Balaban J connectivity index is 2.39. The van der Waals surface area contributed by atoms with Crippen LogP contribution < -0.4 is 4.90 Å². The van der Waals surface area contributed by atoms with Gasteiger partial charge < -0.3 is 4.90 Å². The molecule has 0 bridgehead atoms. The van der Waals surface area contributed by atoms with Crippen LogP contribution in [0.4, 0.5) is 5.69 Å². The molecule has 0 aliphatic carbocycles. The van der Waals surface area contributed by atoms with E-state index in [9.17, 15) is 0 Å². The first kappa shape index (κ1) is 15.4. The lowest BCUT2D eigenvalue weighted by Gasteiger charge is -2.33. The van der Waals surface area contributed by atoms with E-state index >= 15 is 0 Å². The van der Waals surface area contributed by atoms with Gasteiger partial charge in [0.25, 0.3) is 0 Å². The lowest BCUT2D eigenvalue weighted by molar-refractivity contribution is 0.553. The summed E-state index contributed by atoms with van der Waals surface area (Å²) in [4.78, 5) is 2.68. The molecule has 1 aliphatic heterocycles. The minimum absolute atomic E-state index is 0.606. The number of para-hydroxylation sites is 1. The third-order valence-electron chi connectivity index (χ3n) is 4.51. The molecular weight excluding hydrogens is 242 g/mol. The van der Waals surface area contributed by atoms with Crippen LogP contribution >= 0.6 is 0 Å². The Morgan fingerprint density at radius 3 is 1.65 bits per heavy atom. The van der Waals surface area contributed by atoms with Crippen LogP contribution in [-0.4, -0.2) is 13.1 Å². The van der Waals surface area contributed by atoms with Gasteiger partial charge >= 0.3 is 0 Å². The number of nitrogens with zero attached hydrogens (tertiary/aromatic N) is 1. The van der Waals surface area contributed by atoms with Gasteiger partial charge in [-0.1, -0.05) is 65.2 Å². The second-order valence-electron chi connectivity index (χ2n) is 6.85. The van der Waals surface area contributed by atoms with Crippen molar-refractivity contribution in [1.82, 2.24) is 0 Å². The van der Waals surface area contributed by atoms with Gasteiger partial charge in [0.1, 0.15) is 0 Å². The summed E-state index contributed by atoms with van der Waals surface area (Å²) in [6.45, 7) is 11.8. The maximum atomic E-state index is 2.68. The fourth-order valence-corrected chi connectivity index (χ4v) is 3.35. The molecule has 1 heterocycles. The summed E-state index contributed by atoms with van der Waals surface area (Å²) in [6.07, 6.45) is 6.93. The summed E-state index contributed by atoms with van der Waals surface area (Å²) in [5.74, 6) is 1.21. The first-order chi connectivity index (χ1) is 9.61. The normalized spacial score (nSPS) is 17.4. The Bertz CT molecular complexity index is 386. The highest BCUT2D eigenvalue weighted by molar-refractivity contribution is 5.62. The van der Waals surface area contributed by atoms with Crippen molar-refractivity contribution in [2.75, 3.05) is 18.0 Å². The van der Waals surface area contributed by atoms with Gasteiger partial charge in [0.2, 0.25) is 0 Å². The molecule has 0 saturated carbocycles. The van der Waals surface area contributed by atoms with Crippen LogP contribution in [0.1, 0.15) is 82.8 Å². The molecule has 1 fully saturated rings.